The van der Waals surface area contributed by atoms with Gasteiger partial charge in [-0.05, 0) is 37.1 Å². The van der Waals surface area contributed by atoms with Gasteiger partial charge in [-0.1, -0.05) is 24.4 Å². The van der Waals surface area contributed by atoms with Gasteiger partial charge in [0.25, 0.3) is 10.1 Å². The van der Waals surface area contributed by atoms with Crippen molar-refractivity contribution in [1.29, 1.82) is 0 Å². The monoisotopic (exact) mass is 290 g/mol. The number of benzene rings is 1. The van der Waals surface area contributed by atoms with Gasteiger partial charge in [-0.2, -0.15) is 8.42 Å². The molecule has 0 saturated heterocycles. The lowest BCUT2D eigenvalue weighted by Gasteiger charge is -2.26. The van der Waals surface area contributed by atoms with Crippen molar-refractivity contribution in [2.45, 2.75) is 42.8 Å². The molecule has 0 aromatic heterocycles. The fourth-order valence-electron chi connectivity index (χ4n) is 2.01. The topological polar surface area (TPSA) is 63.6 Å². The molecule has 0 aliphatic heterocycles. The predicted molar refractivity (Wildman–Crippen MR) is 68.0 cm³/mol. The van der Waals surface area contributed by atoms with Crippen molar-refractivity contribution in [2.24, 2.45) is 0 Å². The zero-order chi connectivity index (χ0) is 13.2. The van der Waals surface area contributed by atoms with Gasteiger partial charge in [0.2, 0.25) is 0 Å². The molecule has 18 heavy (non-hydrogen) atoms. The first-order valence-electron chi connectivity index (χ1n) is 5.86. The summed E-state index contributed by atoms with van der Waals surface area (Å²) in [5, 5.41) is 10.2. The number of aliphatic hydroxyl groups excluding tert-OH is 1. The van der Waals surface area contributed by atoms with Crippen LogP contribution in [0, 0.1) is 0 Å². The lowest BCUT2D eigenvalue weighted by molar-refractivity contribution is 0.0105. The minimum Gasteiger partial charge on any atom is -0.390 e. The van der Waals surface area contributed by atoms with Crippen molar-refractivity contribution >= 4 is 21.7 Å². The molecule has 2 atom stereocenters. The molecule has 0 bridgehead atoms. The second-order valence-electron chi connectivity index (χ2n) is 4.39. The molecule has 0 radical (unpaired) electrons. The molecular formula is C12H15ClO4S. The summed E-state index contributed by atoms with van der Waals surface area (Å²) >= 11 is 5.70. The molecule has 1 aliphatic rings. The standard InChI is InChI=1S/C12H15ClO4S/c13-9-5-7-10(8-6-9)18(15,16)17-12-4-2-1-3-11(12)14/h5-8,11-12,14H,1-4H2. The van der Waals surface area contributed by atoms with E-state index in [1.807, 2.05) is 0 Å². The van der Waals surface area contributed by atoms with Gasteiger partial charge in [-0.15, -0.1) is 0 Å². The lowest BCUT2D eigenvalue weighted by Crippen LogP contribution is -2.34. The quantitative estimate of drug-likeness (QED) is 0.868. The van der Waals surface area contributed by atoms with Crippen LogP contribution in [0.15, 0.2) is 29.2 Å². The number of aliphatic hydroxyl groups is 1. The molecule has 6 heteroatoms. The Bertz CT molecular complexity index is 497. The van der Waals surface area contributed by atoms with E-state index in [0.717, 1.165) is 12.8 Å². The zero-order valence-electron chi connectivity index (χ0n) is 9.75. The third-order valence-corrected chi connectivity index (χ3v) is 4.62. The number of hydrogen-bond acceptors (Lipinski definition) is 4. The first kappa shape index (κ1) is 13.8. The Kier molecular flexibility index (Phi) is 4.27. The molecule has 1 saturated carbocycles. The number of rotatable bonds is 3. The first-order valence-corrected chi connectivity index (χ1v) is 7.64. The SMILES string of the molecule is O=S(=O)(OC1CCCCC1O)c1ccc(Cl)cc1. The summed E-state index contributed by atoms with van der Waals surface area (Å²) in [4.78, 5) is 0.0599. The molecule has 1 N–H and O–H groups in total. The Hall–Kier alpha value is -0.620. The van der Waals surface area contributed by atoms with Gasteiger partial charge in [0.15, 0.2) is 0 Å². The van der Waals surface area contributed by atoms with Crippen molar-refractivity contribution in [3.8, 4) is 0 Å². The van der Waals surface area contributed by atoms with Gasteiger partial charge >= 0.3 is 0 Å². The zero-order valence-corrected chi connectivity index (χ0v) is 11.3. The smallest absolute Gasteiger partial charge is 0.297 e. The van der Waals surface area contributed by atoms with E-state index in [4.69, 9.17) is 15.8 Å². The van der Waals surface area contributed by atoms with Gasteiger partial charge in [-0.25, -0.2) is 0 Å². The summed E-state index contributed by atoms with van der Waals surface area (Å²) in [6.07, 6.45) is 1.58. The molecule has 2 unspecified atom stereocenters. The van der Waals surface area contributed by atoms with Crippen LogP contribution in [-0.4, -0.2) is 25.7 Å². The third kappa shape index (κ3) is 3.23. The predicted octanol–water partition coefficient (Wildman–Crippen LogP) is 2.35. The van der Waals surface area contributed by atoms with Crippen molar-refractivity contribution in [3.63, 3.8) is 0 Å². The minimum atomic E-state index is -3.83. The van der Waals surface area contributed by atoms with Crippen LogP contribution >= 0.6 is 11.6 Å². The molecule has 0 heterocycles. The summed E-state index contributed by atoms with van der Waals surface area (Å²) < 4.78 is 29.1. The minimum absolute atomic E-state index is 0.0599. The second-order valence-corrected chi connectivity index (χ2v) is 6.40. The molecule has 0 spiro atoms. The maximum Gasteiger partial charge on any atom is 0.297 e. The van der Waals surface area contributed by atoms with E-state index < -0.39 is 22.3 Å². The highest BCUT2D eigenvalue weighted by Crippen LogP contribution is 2.25. The molecule has 4 nitrogen and oxygen atoms in total. The normalized spacial score (nSPS) is 25.0. The van der Waals surface area contributed by atoms with E-state index in [9.17, 15) is 13.5 Å². The van der Waals surface area contributed by atoms with E-state index >= 15 is 0 Å². The summed E-state index contributed by atoms with van der Waals surface area (Å²) in [5.41, 5.74) is 0. The molecule has 2 rings (SSSR count). The van der Waals surface area contributed by atoms with Gasteiger partial charge in [0.1, 0.15) is 6.10 Å². The van der Waals surface area contributed by atoms with E-state index in [2.05, 4.69) is 0 Å². The van der Waals surface area contributed by atoms with Crippen LogP contribution in [-0.2, 0) is 14.3 Å². The van der Waals surface area contributed by atoms with Crippen molar-refractivity contribution in [3.05, 3.63) is 29.3 Å². The van der Waals surface area contributed by atoms with Crippen molar-refractivity contribution in [2.75, 3.05) is 0 Å². The molecule has 0 amide bonds. The molecule has 1 aromatic carbocycles. The Morgan fingerprint density at radius 1 is 1.17 bits per heavy atom. The molecule has 1 aromatic rings. The fraction of sp³-hybridized carbons (Fsp3) is 0.500. The largest absolute Gasteiger partial charge is 0.390 e. The average molecular weight is 291 g/mol. The fourth-order valence-corrected chi connectivity index (χ4v) is 3.27. The highest BCUT2D eigenvalue weighted by atomic mass is 35.5. The summed E-state index contributed by atoms with van der Waals surface area (Å²) in [6.45, 7) is 0. The van der Waals surface area contributed by atoms with Crippen molar-refractivity contribution < 1.29 is 17.7 Å². The van der Waals surface area contributed by atoms with Crippen LogP contribution in [0.4, 0.5) is 0 Å². The van der Waals surface area contributed by atoms with Gasteiger partial charge < -0.3 is 5.11 Å². The Morgan fingerprint density at radius 3 is 2.39 bits per heavy atom. The average Bonchev–Trinajstić information content (AvgIpc) is 2.32. The van der Waals surface area contributed by atoms with Crippen LogP contribution in [0.5, 0.6) is 0 Å². The molecule has 1 fully saturated rings. The Balaban J connectivity index is 2.13. The van der Waals surface area contributed by atoms with E-state index in [-0.39, 0.29) is 4.90 Å². The Morgan fingerprint density at radius 2 is 1.78 bits per heavy atom. The van der Waals surface area contributed by atoms with E-state index in [1.54, 1.807) is 0 Å². The van der Waals surface area contributed by atoms with E-state index in [0.29, 0.717) is 17.9 Å². The van der Waals surface area contributed by atoms with Crippen molar-refractivity contribution in [1.82, 2.24) is 0 Å². The number of halogens is 1. The maximum atomic E-state index is 12.0. The van der Waals surface area contributed by atoms with Crippen LogP contribution in [0.3, 0.4) is 0 Å². The van der Waals surface area contributed by atoms with Crippen LogP contribution in [0.2, 0.25) is 5.02 Å². The highest BCUT2D eigenvalue weighted by Gasteiger charge is 2.29. The number of hydrogen-bond donors (Lipinski definition) is 1. The van der Waals surface area contributed by atoms with Crippen LogP contribution < -0.4 is 0 Å². The summed E-state index contributed by atoms with van der Waals surface area (Å²) in [5.74, 6) is 0. The molecule has 1 aliphatic carbocycles. The van der Waals surface area contributed by atoms with Gasteiger partial charge in [-0.3, -0.25) is 4.18 Å². The van der Waals surface area contributed by atoms with Gasteiger partial charge in [0.05, 0.1) is 11.0 Å². The highest BCUT2D eigenvalue weighted by molar-refractivity contribution is 7.86. The maximum absolute atomic E-state index is 12.0. The summed E-state index contributed by atoms with van der Waals surface area (Å²) in [6, 6.07) is 5.78. The third-order valence-electron chi connectivity index (χ3n) is 3.02. The molecular weight excluding hydrogens is 276 g/mol. The first-order chi connectivity index (χ1) is 8.49. The second kappa shape index (κ2) is 5.57. The lowest BCUT2D eigenvalue weighted by atomic mass is 9.95. The van der Waals surface area contributed by atoms with Crippen LogP contribution in [0.1, 0.15) is 25.7 Å². The van der Waals surface area contributed by atoms with Crippen LogP contribution in [0.25, 0.3) is 0 Å². The molecule has 100 valence electrons. The Labute approximate surface area is 112 Å². The van der Waals surface area contributed by atoms with E-state index in [1.165, 1.54) is 24.3 Å². The van der Waals surface area contributed by atoms with Gasteiger partial charge in [0, 0.05) is 5.02 Å². The summed E-state index contributed by atoms with van der Waals surface area (Å²) in [7, 11) is -3.83.